The molecule has 0 fully saturated rings. The molecule has 2 aromatic carbocycles. The van der Waals surface area contributed by atoms with Crippen molar-refractivity contribution in [2.75, 3.05) is 5.73 Å². The lowest BCUT2D eigenvalue weighted by Crippen LogP contribution is -2.04. The second-order valence-corrected chi connectivity index (χ2v) is 6.10. The summed E-state index contributed by atoms with van der Waals surface area (Å²) < 4.78 is 3.24. The van der Waals surface area contributed by atoms with Gasteiger partial charge in [-0.1, -0.05) is 31.2 Å². The lowest BCUT2D eigenvalue weighted by Gasteiger charge is -2.07. The van der Waals surface area contributed by atoms with Crippen LogP contribution in [0.1, 0.15) is 18.1 Å². The van der Waals surface area contributed by atoms with Crippen LogP contribution < -0.4 is 5.73 Å². The fourth-order valence-corrected chi connectivity index (χ4v) is 2.83. The Hall–Kier alpha value is -1.56. The van der Waals surface area contributed by atoms with Crippen LogP contribution in [0.2, 0.25) is 0 Å². The van der Waals surface area contributed by atoms with Crippen molar-refractivity contribution in [1.29, 1.82) is 0 Å². The zero-order valence-electron chi connectivity index (χ0n) is 11.3. The first-order valence-electron chi connectivity index (χ1n) is 6.66. The molecule has 0 radical (unpaired) electrons. The molecular weight excluding hydrogens is 361 g/mol. The van der Waals surface area contributed by atoms with Crippen LogP contribution in [0.5, 0.6) is 0 Å². The number of nitrogen functional groups attached to an aromatic ring is 1. The molecule has 20 heavy (non-hydrogen) atoms. The van der Waals surface area contributed by atoms with Crippen molar-refractivity contribution in [2.45, 2.75) is 19.9 Å². The van der Waals surface area contributed by atoms with Crippen molar-refractivity contribution in [3.8, 4) is 0 Å². The number of rotatable bonds is 3. The molecule has 3 aromatic rings. The average Bonchev–Trinajstić information content (AvgIpc) is 2.75. The third-order valence-corrected chi connectivity index (χ3v) is 4.18. The van der Waals surface area contributed by atoms with Gasteiger partial charge in [0.15, 0.2) is 0 Å². The van der Waals surface area contributed by atoms with Gasteiger partial charge in [0, 0.05) is 3.57 Å². The van der Waals surface area contributed by atoms with Crippen molar-refractivity contribution in [3.05, 3.63) is 57.2 Å². The summed E-state index contributed by atoms with van der Waals surface area (Å²) >= 11 is 2.29. The van der Waals surface area contributed by atoms with Gasteiger partial charge >= 0.3 is 0 Å². The molecule has 0 unspecified atom stereocenters. The summed E-state index contributed by atoms with van der Waals surface area (Å²) in [5, 5.41) is 0. The van der Waals surface area contributed by atoms with Gasteiger partial charge in [-0.3, -0.25) is 0 Å². The SMILES string of the molecule is CCc1ccc(Cn2c(N)nc3cc(I)ccc32)cc1. The maximum absolute atomic E-state index is 6.06. The molecule has 0 aliphatic carbocycles. The molecule has 0 bridgehead atoms. The monoisotopic (exact) mass is 377 g/mol. The van der Waals surface area contributed by atoms with Crippen molar-refractivity contribution in [2.24, 2.45) is 0 Å². The summed E-state index contributed by atoms with van der Waals surface area (Å²) in [6, 6.07) is 14.9. The van der Waals surface area contributed by atoms with Crippen LogP contribution in [0, 0.1) is 3.57 Å². The highest BCUT2D eigenvalue weighted by Crippen LogP contribution is 2.21. The van der Waals surface area contributed by atoms with Gasteiger partial charge in [0.05, 0.1) is 17.6 Å². The molecule has 0 saturated heterocycles. The van der Waals surface area contributed by atoms with E-state index >= 15 is 0 Å². The first-order valence-corrected chi connectivity index (χ1v) is 7.74. The Balaban J connectivity index is 1.99. The molecule has 2 N–H and O–H groups in total. The number of nitrogens with zero attached hydrogens (tertiary/aromatic N) is 2. The summed E-state index contributed by atoms with van der Waals surface area (Å²) in [5.41, 5.74) is 10.7. The number of halogens is 1. The minimum Gasteiger partial charge on any atom is -0.369 e. The molecule has 0 saturated carbocycles. The molecule has 1 heterocycles. The van der Waals surface area contributed by atoms with E-state index in [9.17, 15) is 0 Å². The summed E-state index contributed by atoms with van der Waals surface area (Å²) in [5.74, 6) is 0.571. The van der Waals surface area contributed by atoms with Gasteiger partial charge in [-0.05, 0) is 58.3 Å². The molecule has 102 valence electrons. The van der Waals surface area contributed by atoms with Gasteiger partial charge in [-0.2, -0.15) is 0 Å². The number of benzene rings is 2. The summed E-state index contributed by atoms with van der Waals surface area (Å²) in [4.78, 5) is 4.44. The van der Waals surface area contributed by atoms with Crippen LogP contribution in [-0.2, 0) is 13.0 Å². The standard InChI is InChI=1S/C16H16IN3/c1-2-11-3-5-12(6-4-11)10-20-15-8-7-13(17)9-14(15)19-16(20)18/h3-9H,2,10H2,1H3,(H2,18,19). The van der Waals surface area contributed by atoms with E-state index in [1.54, 1.807) is 0 Å². The summed E-state index contributed by atoms with van der Waals surface area (Å²) in [6.45, 7) is 2.92. The van der Waals surface area contributed by atoms with E-state index in [0.29, 0.717) is 5.95 Å². The smallest absolute Gasteiger partial charge is 0.201 e. The van der Waals surface area contributed by atoms with Gasteiger partial charge in [0.2, 0.25) is 5.95 Å². The van der Waals surface area contributed by atoms with Gasteiger partial charge in [0.25, 0.3) is 0 Å². The number of nitrogens with two attached hydrogens (primary N) is 1. The second-order valence-electron chi connectivity index (χ2n) is 4.86. The molecular formula is C16H16IN3. The molecule has 4 heteroatoms. The highest BCUT2D eigenvalue weighted by molar-refractivity contribution is 14.1. The number of fused-ring (bicyclic) bond motifs is 1. The van der Waals surface area contributed by atoms with E-state index in [-0.39, 0.29) is 0 Å². The molecule has 0 amide bonds. The van der Waals surface area contributed by atoms with Gasteiger partial charge in [-0.25, -0.2) is 4.98 Å². The van der Waals surface area contributed by atoms with Crippen molar-refractivity contribution >= 4 is 39.6 Å². The average molecular weight is 377 g/mol. The Kier molecular flexibility index (Phi) is 3.65. The lowest BCUT2D eigenvalue weighted by atomic mass is 10.1. The molecule has 0 aliphatic heterocycles. The third-order valence-electron chi connectivity index (χ3n) is 3.51. The molecule has 1 aromatic heterocycles. The van der Waals surface area contributed by atoms with E-state index in [2.05, 4.69) is 81.5 Å². The zero-order valence-corrected chi connectivity index (χ0v) is 13.5. The van der Waals surface area contributed by atoms with Crippen LogP contribution in [-0.4, -0.2) is 9.55 Å². The fourth-order valence-electron chi connectivity index (χ4n) is 2.35. The Labute approximate surface area is 132 Å². The number of aryl methyl sites for hydroxylation is 1. The van der Waals surface area contributed by atoms with Crippen molar-refractivity contribution in [1.82, 2.24) is 9.55 Å². The van der Waals surface area contributed by atoms with Crippen molar-refractivity contribution < 1.29 is 0 Å². The number of imidazole rings is 1. The largest absolute Gasteiger partial charge is 0.369 e. The highest BCUT2D eigenvalue weighted by atomic mass is 127. The van der Waals surface area contributed by atoms with Crippen molar-refractivity contribution in [3.63, 3.8) is 0 Å². The first-order chi connectivity index (χ1) is 9.67. The molecule has 3 rings (SSSR count). The summed E-state index contributed by atoms with van der Waals surface area (Å²) in [6.07, 6.45) is 1.06. The number of anilines is 1. The molecule has 0 aliphatic rings. The van der Waals surface area contributed by atoms with Crippen LogP contribution in [0.3, 0.4) is 0 Å². The Morgan fingerprint density at radius 2 is 1.80 bits per heavy atom. The zero-order chi connectivity index (χ0) is 14.1. The fraction of sp³-hybridized carbons (Fsp3) is 0.188. The predicted molar refractivity (Wildman–Crippen MR) is 91.8 cm³/mol. The van der Waals surface area contributed by atoms with Gasteiger partial charge in [0.1, 0.15) is 0 Å². The predicted octanol–water partition coefficient (Wildman–Crippen LogP) is 3.83. The number of hydrogen-bond donors (Lipinski definition) is 1. The van der Waals surface area contributed by atoms with Crippen LogP contribution in [0.25, 0.3) is 11.0 Å². The minimum atomic E-state index is 0.571. The quantitative estimate of drug-likeness (QED) is 0.705. The van der Waals surface area contributed by atoms with Crippen LogP contribution in [0.4, 0.5) is 5.95 Å². The Bertz CT molecular complexity index is 744. The Morgan fingerprint density at radius 1 is 1.10 bits per heavy atom. The van der Waals surface area contributed by atoms with E-state index in [1.807, 2.05) is 0 Å². The molecule has 0 spiro atoms. The van der Waals surface area contributed by atoms with E-state index in [4.69, 9.17) is 5.73 Å². The van der Waals surface area contributed by atoms with Gasteiger partial charge in [-0.15, -0.1) is 0 Å². The van der Waals surface area contributed by atoms with Gasteiger partial charge < -0.3 is 10.3 Å². The van der Waals surface area contributed by atoms with E-state index < -0.39 is 0 Å². The normalized spacial score (nSPS) is 11.1. The minimum absolute atomic E-state index is 0.571. The number of aromatic nitrogens is 2. The van der Waals surface area contributed by atoms with Crippen LogP contribution in [0.15, 0.2) is 42.5 Å². The third kappa shape index (κ3) is 2.52. The lowest BCUT2D eigenvalue weighted by molar-refractivity contribution is 0.837. The molecule has 3 nitrogen and oxygen atoms in total. The topological polar surface area (TPSA) is 43.8 Å². The highest BCUT2D eigenvalue weighted by Gasteiger charge is 2.08. The first kappa shape index (κ1) is 13.4. The van der Waals surface area contributed by atoms with Crippen LogP contribution >= 0.6 is 22.6 Å². The maximum atomic E-state index is 6.06. The van der Waals surface area contributed by atoms with E-state index in [1.165, 1.54) is 14.7 Å². The molecule has 0 atom stereocenters. The second kappa shape index (κ2) is 5.44. The summed E-state index contributed by atoms with van der Waals surface area (Å²) in [7, 11) is 0. The number of hydrogen-bond acceptors (Lipinski definition) is 2. The maximum Gasteiger partial charge on any atom is 0.201 e. The van der Waals surface area contributed by atoms with E-state index in [0.717, 1.165) is 24.0 Å². The Morgan fingerprint density at radius 3 is 2.50 bits per heavy atom.